The first-order valence-electron chi connectivity index (χ1n) is 3.86. The van der Waals surface area contributed by atoms with Crippen LogP contribution in [0.3, 0.4) is 0 Å². The van der Waals surface area contributed by atoms with Crippen LogP contribution in [0.4, 0.5) is 0 Å². The molecule has 0 aliphatic carbocycles. The van der Waals surface area contributed by atoms with E-state index in [4.69, 9.17) is 9.84 Å². The zero-order valence-corrected chi connectivity index (χ0v) is 7.94. The van der Waals surface area contributed by atoms with E-state index in [1.807, 2.05) is 0 Å². The molecule has 5 nitrogen and oxygen atoms in total. The second-order valence-electron chi connectivity index (χ2n) is 2.69. The van der Waals surface area contributed by atoms with Gasteiger partial charge in [-0.25, -0.2) is 14.8 Å². The molecular formula is C9H10N2O3. The Kier molecular flexibility index (Phi) is 2.81. The van der Waals surface area contributed by atoms with Crippen LogP contribution in [0.2, 0.25) is 0 Å². The Morgan fingerprint density at radius 3 is 2.50 bits per heavy atom. The van der Waals surface area contributed by atoms with Crippen LogP contribution >= 0.6 is 0 Å². The third kappa shape index (κ3) is 1.71. The molecule has 0 atom stereocenters. The molecule has 1 N–H and O–H groups in total. The number of methoxy groups -OCH3 is 1. The molecule has 1 aromatic rings. The number of ether oxygens (including phenoxy) is 1. The van der Waals surface area contributed by atoms with Crippen molar-refractivity contribution < 1.29 is 14.6 Å². The molecule has 0 aromatic carbocycles. The van der Waals surface area contributed by atoms with E-state index in [-0.39, 0.29) is 11.4 Å². The van der Waals surface area contributed by atoms with Crippen LogP contribution in [0.25, 0.3) is 5.57 Å². The number of rotatable bonds is 3. The van der Waals surface area contributed by atoms with Gasteiger partial charge < -0.3 is 9.84 Å². The van der Waals surface area contributed by atoms with Crippen molar-refractivity contribution in [1.82, 2.24) is 9.97 Å². The zero-order chi connectivity index (χ0) is 10.7. The van der Waals surface area contributed by atoms with Crippen molar-refractivity contribution >= 4 is 11.5 Å². The molecule has 5 heteroatoms. The molecule has 14 heavy (non-hydrogen) atoms. The van der Waals surface area contributed by atoms with E-state index in [2.05, 4.69) is 16.5 Å². The summed E-state index contributed by atoms with van der Waals surface area (Å²) in [6.45, 7) is 5.39. The fraction of sp³-hybridized carbons (Fsp3) is 0.222. The molecule has 1 rings (SSSR count). The average Bonchev–Trinajstić information content (AvgIpc) is 2.16. The number of aromatic nitrogens is 2. The Hall–Kier alpha value is -1.91. The Balaban J connectivity index is 3.39. The largest absolute Gasteiger partial charge is 0.492 e. The summed E-state index contributed by atoms with van der Waals surface area (Å²) in [7, 11) is 1.37. The third-order valence-corrected chi connectivity index (χ3v) is 1.61. The van der Waals surface area contributed by atoms with E-state index in [0.717, 1.165) is 0 Å². The van der Waals surface area contributed by atoms with Crippen molar-refractivity contribution in [2.75, 3.05) is 7.11 Å². The van der Waals surface area contributed by atoms with Gasteiger partial charge in [0.25, 0.3) is 0 Å². The van der Waals surface area contributed by atoms with Crippen molar-refractivity contribution in [2.45, 2.75) is 6.92 Å². The lowest BCUT2D eigenvalue weighted by molar-refractivity contribution is 0.0686. The molecule has 0 bridgehead atoms. The number of carbonyl (C=O) groups is 1. The first-order valence-corrected chi connectivity index (χ1v) is 3.86. The molecule has 0 amide bonds. The van der Waals surface area contributed by atoms with Crippen LogP contribution in [-0.4, -0.2) is 28.2 Å². The van der Waals surface area contributed by atoms with Crippen LogP contribution in [-0.2, 0) is 0 Å². The quantitative estimate of drug-likeness (QED) is 0.783. The van der Waals surface area contributed by atoms with Crippen LogP contribution < -0.4 is 4.74 Å². The van der Waals surface area contributed by atoms with E-state index in [1.54, 1.807) is 6.92 Å². The number of aromatic carboxylic acids is 1. The summed E-state index contributed by atoms with van der Waals surface area (Å²) in [5, 5.41) is 8.80. The first-order chi connectivity index (χ1) is 6.57. The minimum absolute atomic E-state index is 0.146. The summed E-state index contributed by atoms with van der Waals surface area (Å²) in [5.74, 6) is -1.00. The Bertz CT molecular complexity index is 355. The second kappa shape index (κ2) is 3.87. The number of hydrogen-bond donors (Lipinski definition) is 1. The SMILES string of the molecule is C=C(C)c1ncnc(C(=O)O)c1OC. The van der Waals surface area contributed by atoms with Crippen molar-refractivity contribution in [3.05, 3.63) is 24.3 Å². The van der Waals surface area contributed by atoms with Gasteiger partial charge in [-0.15, -0.1) is 0 Å². The summed E-state index contributed by atoms with van der Waals surface area (Å²) < 4.78 is 4.93. The van der Waals surface area contributed by atoms with Crippen molar-refractivity contribution in [3.8, 4) is 5.75 Å². The number of hydrogen-bond acceptors (Lipinski definition) is 4. The van der Waals surface area contributed by atoms with Gasteiger partial charge in [-0.3, -0.25) is 0 Å². The van der Waals surface area contributed by atoms with Gasteiger partial charge in [0.1, 0.15) is 12.0 Å². The van der Waals surface area contributed by atoms with E-state index in [9.17, 15) is 4.79 Å². The van der Waals surface area contributed by atoms with Gasteiger partial charge in [-0.2, -0.15) is 0 Å². The van der Waals surface area contributed by atoms with Gasteiger partial charge in [-0.05, 0) is 12.5 Å². The highest BCUT2D eigenvalue weighted by Gasteiger charge is 2.17. The van der Waals surface area contributed by atoms with Crippen LogP contribution in [0.5, 0.6) is 5.75 Å². The Morgan fingerprint density at radius 1 is 1.50 bits per heavy atom. The maximum Gasteiger partial charge on any atom is 0.358 e. The third-order valence-electron chi connectivity index (χ3n) is 1.61. The predicted molar refractivity (Wildman–Crippen MR) is 50.3 cm³/mol. The highest BCUT2D eigenvalue weighted by molar-refractivity contribution is 5.90. The van der Waals surface area contributed by atoms with E-state index < -0.39 is 5.97 Å². The molecule has 0 spiro atoms. The highest BCUT2D eigenvalue weighted by atomic mass is 16.5. The Labute approximate surface area is 81.1 Å². The van der Waals surface area contributed by atoms with Crippen LogP contribution in [0, 0.1) is 0 Å². The van der Waals surface area contributed by atoms with Crippen molar-refractivity contribution in [2.24, 2.45) is 0 Å². The van der Waals surface area contributed by atoms with E-state index in [1.165, 1.54) is 13.4 Å². The van der Waals surface area contributed by atoms with Gasteiger partial charge in [-0.1, -0.05) is 6.58 Å². The lowest BCUT2D eigenvalue weighted by Crippen LogP contribution is -2.07. The molecule has 0 fully saturated rings. The normalized spacial score (nSPS) is 9.57. The molecule has 0 saturated heterocycles. The fourth-order valence-electron chi connectivity index (χ4n) is 1.02. The summed E-state index contributed by atoms with van der Waals surface area (Å²) in [6, 6.07) is 0. The summed E-state index contributed by atoms with van der Waals surface area (Å²) >= 11 is 0. The summed E-state index contributed by atoms with van der Waals surface area (Å²) in [5.41, 5.74) is 0.896. The molecule has 1 aromatic heterocycles. The lowest BCUT2D eigenvalue weighted by Gasteiger charge is -2.08. The minimum atomic E-state index is -1.15. The molecule has 1 heterocycles. The van der Waals surface area contributed by atoms with Crippen LogP contribution in [0.1, 0.15) is 23.1 Å². The molecule has 0 aliphatic rings. The molecular weight excluding hydrogens is 184 g/mol. The molecule has 0 aliphatic heterocycles. The average molecular weight is 194 g/mol. The van der Waals surface area contributed by atoms with E-state index in [0.29, 0.717) is 11.3 Å². The van der Waals surface area contributed by atoms with Gasteiger partial charge in [0.05, 0.1) is 7.11 Å². The predicted octanol–water partition coefficient (Wildman–Crippen LogP) is 1.22. The van der Waals surface area contributed by atoms with Crippen LogP contribution in [0.15, 0.2) is 12.9 Å². The standard InChI is InChI=1S/C9H10N2O3/c1-5(2)6-8(14-3)7(9(12)13)11-4-10-6/h4H,1H2,2-3H3,(H,12,13). The summed E-state index contributed by atoms with van der Waals surface area (Å²) in [4.78, 5) is 18.3. The van der Waals surface area contributed by atoms with Gasteiger partial charge in [0.15, 0.2) is 11.4 Å². The smallest absolute Gasteiger partial charge is 0.358 e. The molecule has 74 valence electrons. The molecule has 0 unspecified atom stereocenters. The van der Waals surface area contributed by atoms with E-state index >= 15 is 0 Å². The van der Waals surface area contributed by atoms with Gasteiger partial charge >= 0.3 is 5.97 Å². The lowest BCUT2D eigenvalue weighted by atomic mass is 10.2. The van der Waals surface area contributed by atoms with Gasteiger partial charge in [0, 0.05) is 0 Å². The fourth-order valence-corrected chi connectivity index (χ4v) is 1.02. The number of carboxylic acids is 1. The topological polar surface area (TPSA) is 72.3 Å². The highest BCUT2D eigenvalue weighted by Crippen LogP contribution is 2.24. The summed E-state index contributed by atoms with van der Waals surface area (Å²) in [6.07, 6.45) is 1.18. The second-order valence-corrected chi connectivity index (χ2v) is 2.69. The molecule has 0 saturated carbocycles. The Morgan fingerprint density at radius 2 is 2.07 bits per heavy atom. The van der Waals surface area contributed by atoms with Crippen molar-refractivity contribution in [3.63, 3.8) is 0 Å². The maximum atomic E-state index is 10.8. The number of allylic oxidation sites excluding steroid dienone is 1. The van der Waals surface area contributed by atoms with Gasteiger partial charge in [0.2, 0.25) is 0 Å². The zero-order valence-electron chi connectivity index (χ0n) is 7.94. The van der Waals surface area contributed by atoms with Crippen molar-refractivity contribution in [1.29, 1.82) is 0 Å². The maximum absolute atomic E-state index is 10.8. The number of carboxylic acid groups (broad SMARTS) is 1. The molecule has 0 radical (unpaired) electrons. The first kappa shape index (κ1) is 10.2. The number of nitrogens with zero attached hydrogens (tertiary/aromatic N) is 2. The minimum Gasteiger partial charge on any atom is -0.492 e. The monoisotopic (exact) mass is 194 g/mol.